The SMILES string of the molecule is C1CCCC1.CC(C)Oc1ccccc1P(c1ccccc1OC(C)C)c1ccccc1C1CCCC1[C@@H](C)P(C1CC2CCC1C2)C1CC2CCC1C2.[CH3-].[CH3-].[Fe+2]. The smallest absolute Gasteiger partial charge is 0.490 e. The summed E-state index contributed by atoms with van der Waals surface area (Å²) in [6, 6.07) is 27.4. The van der Waals surface area contributed by atoms with E-state index < -0.39 is 7.92 Å². The molecule has 57 heavy (non-hydrogen) atoms. The van der Waals surface area contributed by atoms with Crippen LogP contribution in [0.2, 0.25) is 0 Å². The molecule has 0 spiro atoms. The van der Waals surface area contributed by atoms with Crippen molar-refractivity contribution in [1.29, 1.82) is 0 Å². The van der Waals surface area contributed by atoms with Gasteiger partial charge in [0, 0.05) is 10.6 Å². The van der Waals surface area contributed by atoms with Gasteiger partial charge in [0.2, 0.25) is 0 Å². The molecule has 0 amide bonds. The first-order valence-corrected chi connectivity index (χ1v) is 25.4. The summed E-state index contributed by atoms with van der Waals surface area (Å²) in [6.45, 7) is 11.4. The summed E-state index contributed by atoms with van der Waals surface area (Å²) in [5, 5.41) is 4.14. The molecule has 6 saturated carbocycles. The number of para-hydroxylation sites is 2. The van der Waals surface area contributed by atoms with Gasteiger partial charge in [0.25, 0.3) is 0 Å². The minimum absolute atomic E-state index is 0. The zero-order valence-electron chi connectivity index (χ0n) is 36.7. The van der Waals surface area contributed by atoms with Crippen LogP contribution in [0, 0.1) is 44.4 Å². The number of rotatable bonds is 12. The predicted octanol–water partition coefficient (Wildman–Crippen LogP) is 14.0. The molecule has 0 heterocycles. The van der Waals surface area contributed by atoms with Crippen LogP contribution in [0.4, 0.5) is 0 Å². The first-order chi connectivity index (χ1) is 26.4. The van der Waals surface area contributed by atoms with E-state index in [1.807, 2.05) is 0 Å². The standard InChI is InChI=1S/C45H60O2P2.C5H10.2CH3.Fe/c1-29(2)46-39-16-7-10-19-42(39)49(43-20-11-8-17-40(43)47-30(3)4)41-18-9-6-13-38(41)37-15-12-14-36(37)31(5)48(44-27-32-21-23-34(44)25-32)45-28-33-22-24-35(45)26-33;1-2-4-5-3-1;;;/h6-11,13,16-20,29-37,44-45H,12,14-15,21-28H2,1-5H3;1-5H2;2*1H3;/q;;2*-1;+2/t31-,32?,33?,34?,35?,36?,37?,44?,45?,48?;;;;/m1..../s1. The number of fused-ring (bicyclic) bond motifs is 4. The molecule has 8 unspecified atom stereocenters. The molecule has 3 aromatic rings. The van der Waals surface area contributed by atoms with E-state index in [0.717, 1.165) is 58.1 Å². The van der Waals surface area contributed by atoms with Gasteiger partial charge in [0.05, 0.1) is 12.2 Å². The molecule has 9 rings (SSSR count). The van der Waals surface area contributed by atoms with Gasteiger partial charge >= 0.3 is 17.1 Å². The third kappa shape index (κ3) is 10.4. The second kappa shape index (κ2) is 21.4. The molecule has 5 heteroatoms. The molecule has 4 bridgehead atoms. The molecule has 314 valence electrons. The molecule has 6 fully saturated rings. The van der Waals surface area contributed by atoms with Crippen LogP contribution in [0.1, 0.15) is 149 Å². The molecule has 0 N–H and O–H groups in total. The second-order valence-corrected chi connectivity index (χ2v) is 24.0. The number of ether oxygens (including phenoxy) is 2. The first-order valence-electron chi connectivity index (χ1n) is 22.5. The Morgan fingerprint density at radius 2 is 0.965 bits per heavy atom. The Hall–Kier alpha value is -1.36. The summed E-state index contributed by atoms with van der Waals surface area (Å²) in [6.07, 6.45) is 24.3. The quantitative estimate of drug-likeness (QED) is 0.103. The number of hydrogen-bond donors (Lipinski definition) is 0. The van der Waals surface area contributed by atoms with E-state index in [1.165, 1.54) is 80.1 Å². The van der Waals surface area contributed by atoms with Crippen LogP contribution in [-0.4, -0.2) is 29.2 Å². The zero-order valence-corrected chi connectivity index (χ0v) is 39.6. The van der Waals surface area contributed by atoms with E-state index in [1.54, 1.807) is 44.1 Å². The maximum absolute atomic E-state index is 6.59. The van der Waals surface area contributed by atoms with Gasteiger partial charge in [-0.15, -0.1) is 0 Å². The van der Waals surface area contributed by atoms with Crippen molar-refractivity contribution in [1.82, 2.24) is 0 Å². The number of hydrogen-bond acceptors (Lipinski definition) is 2. The normalized spacial score (nSPS) is 29.3. The fraction of sp³-hybridized carbons (Fsp3) is 0.615. The monoisotopic (exact) mass is 850 g/mol. The van der Waals surface area contributed by atoms with Crippen molar-refractivity contribution in [2.24, 2.45) is 29.6 Å². The first kappa shape index (κ1) is 46.7. The summed E-state index contributed by atoms with van der Waals surface area (Å²) in [7, 11) is -0.869. The Bertz CT molecular complexity index is 1580. The summed E-state index contributed by atoms with van der Waals surface area (Å²) < 4.78 is 13.2. The van der Waals surface area contributed by atoms with E-state index in [2.05, 4.69) is 107 Å². The summed E-state index contributed by atoms with van der Waals surface area (Å²) in [4.78, 5) is 0. The third-order valence-electron chi connectivity index (χ3n) is 14.6. The minimum Gasteiger partial charge on any atom is -0.490 e. The van der Waals surface area contributed by atoms with Crippen molar-refractivity contribution in [3.63, 3.8) is 0 Å². The summed E-state index contributed by atoms with van der Waals surface area (Å²) in [5.74, 6) is 7.67. The minimum atomic E-state index is -0.909. The van der Waals surface area contributed by atoms with Crippen molar-refractivity contribution < 1.29 is 26.5 Å². The van der Waals surface area contributed by atoms with Crippen molar-refractivity contribution in [3.8, 4) is 11.5 Å². The van der Waals surface area contributed by atoms with Gasteiger partial charge in [0.1, 0.15) is 11.5 Å². The van der Waals surface area contributed by atoms with Crippen molar-refractivity contribution >= 4 is 31.8 Å². The van der Waals surface area contributed by atoms with Gasteiger partial charge in [-0.3, -0.25) is 0 Å². The van der Waals surface area contributed by atoms with Crippen molar-refractivity contribution in [3.05, 3.63) is 93.2 Å². The van der Waals surface area contributed by atoms with Crippen LogP contribution in [0.15, 0.2) is 72.8 Å². The van der Waals surface area contributed by atoms with Crippen LogP contribution >= 0.6 is 15.8 Å². The van der Waals surface area contributed by atoms with Crippen molar-refractivity contribution in [2.45, 2.75) is 172 Å². The van der Waals surface area contributed by atoms with E-state index in [-0.39, 0.29) is 52.1 Å². The molecule has 0 radical (unpaired) electrons. The molecule has 3 aromatic carbocycles. The average Bonchev–Trinajstić information content (AvgIpc) is 4.04. The number of benzene rings is 3. The van der Waals surface area contributed by atoms with Crippen LogP contribution < -0.4 is 25.4 Å². The molecular formula is C52H76FeO2P2. The van der Waals surface area contributed by atoms with Crippen molar-refractivity contribution in [2.75, 3.05) is 0 Å². The van der Waals surface area contributed by atoms with E-state index >= 15 is 0 Å². The van der Waals surface area contributed by atoms with Crippen LogP contribution in [0.3, 0.4) is 0 Å². The Morgan fingerprint density at radius 1 is 0.509 bits per heavy atom. The molecular weight excluding hydrogens is 774 g/mol. The Kier molecular flexibility index (Phi) is 17.6. The molecule has 0 aromatic heterocycles. The Balaban J connectivity index is 0.000000721. The van der Waals surface area contributed by atoms with Gasteiger partial charge in [-0.2, -0.15) is 0 Å². The van der Waals surface area contributed by atoms with Gasteiger partial charge in [-0.25, -0.2) is 0 Å². The van der Waals surface area contributed by atoms with E-state index in [9.17, 15) is 0 Å². The zero-order chi connectivity index (χ0) is 37.2. The molecule has 6 aliphatic carbocycles. The average molecular weight is 851 g/mol. The molecule has 6 aliphatic rings. The predicted molar refractivity (Wildman–Crippen MR) is 248 cm³/mol. The van der Waals surface area contributed by atoms with Gasteiger partial charge < -0.3 is 24.3 Å². The maximum atomic E-state index is 6.59. The van der Waals surface area contributed by atoms with Crippen LogP contribution in [0.25, 0.3) is 0 Å². The third-order valence-corrected chi connectivity index (χ3v) is 21.3. The topological polar surface area (TPSA) is 18.5 Å². The van der Waals surface area contributed by atoms with Gasteiger partial charge in [-0.05, 0) is 162 Å². The fourth-order valence-electron chi connectivity index (χ4n) is 12.4. The maximum Gasteiger partial charge on any atom is 2.00 e. The van der Waals surface area contributed by atoms with E-state index in [4.69, 9.17) is 9.47 Å². The summed E-state index contributed by atoms with van der Waals surface area (Å²) >= 11 is 0. The van der Waals surface area contributed by atoms with Gasteiger partial charge in [-0.1, -0.05) is 127 Å². The van der Waals surface area contributed by atoms with Gasteiger partial charge in [0.15, 0.2) is 0 Å². The molecule has 9 atom stereocenters. The summed E-state index contributed by atoms with van der Waals surface area (Å²) in [5.41, 5.74) is 4.60. The molecule has 2 nitrogen and oxygen atoms in total. The Morgan fingerprint density at radius 3 is 1.40 bits per heavy atom. The fourth-order valence-corrected chi connectivity index (χ4v) is 20.2. The van der Waals surface area contributed by atoms with E-state index in [0.29, 0.717) is 5.92 Å². The molecule has 0 aliphatic heterocycles. The van der Waals surface area contributed by atoms with Crippen LogP contribution in [0.5, 0.6) is 11.5 Å². The van der Waals surface area contributed by atoms with Crippen LogP contribution in [-0.2, 0) is 17.1 Å². The Labute approximate surface area is 363 Å². The second-order valence-electron chi connectivity index (χ2n) is 18.8. The molecule has 0 saturated heterocycles. The largest absolute Gasteiger partial charge is 2.00 e.